The molecule has 2 heterocycles. The smallest absolute Gasteiger partial charge is 0.421 e. The molecule has 0 saturated heterocycles. The van der Waals surface area contributed by atoms with Crippen LogP contribution in [0.5, 0.6) is 0 Å². The molecule has 14 heteroatoms. The van der Waals surface area contributed by atoms with Crippen LogP contribution in [0, 0.1) is 0 Å². The van der Waals surface area contributed by atoms with Gasteiger partial charge in [-0.2, -0.15) is 18.2 Å². The van der Waals surface area contributed by atoms with Crippen molar-refractivity contribution < 1.29 is 31.5 Å². The van der Waals surface area contributed by atoms with Crippen molar-refractivity contribution in [3.63, 3.8) is 0 Å². The van der Waals surface area contributed by atoms with Crippen LogP contribution in [-0.2, 0) is 34.0 Å². The first-order chi connectivity index (χ1) is 16.5. The van der Waals surface area contributed by atoms with Gasteiger partial charge in [0.2, 0.25) is 16.0 Å². The number of hydrogen-bond donors (Lipinski definition) is 4. The topological polar surface area (TPSA) is 146 Å². The Balaban J connectivity index is 1.84. The van der Waals surface area contributed by atoms with Crippen LogP contribution in [-0.4, -0.2) is 40.2 Å². The molecule has 0 radical (unpaired) electrons. The fraction of sp³-hybridized carbons (Fsp3) is 0.238. The molecule has 35 heavy (non-hydrogen) atoms. The fourth-order valence-corrected chi connectivity index (χ4v) is 3.49. The van der Waals surface area contributed by atoms with Gasteiger partial charge in [0.25, 0.3) is 0 Å². The molecule has 0 unspecified atom stereocenters. The summed E-state index contributed by atoms with van der Waals surface area (Å²) in [6.07, 6.45) is -2.94. The molecule has 1 aromatic carbocycles. The van der Waals surface area contributed by atoms with Gasteiger partial charge >= 0.3 is 12.1 Å². The van der Waals surface area contributed by atoms with E-state index in [-0.39, 0.29) is 30.5 Å². The van der Waals surface area contributed by atoms with Crippen LogP contribution >= 0.6 is 0 Å². The van der Waals surface area contributed by atoms with Crippen molar-refractivity contribution in [1.29, 1.82) is 0 Å². The number of carbonyl (C=O) groups is 1. The van der Waals surface area contributed by atoms with Gasteiger partial charge in [-0.1, -0.05) is 18.2 Å². The molecule has 0 aliphatic rings. The van der Waals surface area contributed by atoms with Gasteiger partial charge in [-0.3, -0.25) is 9.52 Å². The molecule has 186 valence electrons. The zero-order chi connectivity index (χ0) is 25.6. The van der Waals surface area contributed by atoms with Crippen LogP contribution in [0.3, 0.4) is 0 Å². The Labute approximate surface area is 198 Å². The molecular formula is C21H21F3N6O4S. The minimum absolute atomic E-state index is 0.00994. The highest BCUT2D eigenvalue weighted by atomic mass is 32.2. The number of nitrogens with one attached hydrogen (secondary N) is 3. The number of hydrogen-bond acceptors (Lipinski definition) is 8. The summed E-state index contributed by atoms with van der Waals surface area (Å²) in [4.78, 5) is 22.4. The molecule has 0 saturated carbocycles. The summed E-state index contributed by atoms with van der Waals surface area (Å²) in [5.74, 6) is -1.86. The highest BCUT2D eigenvalue weighted by Gasteiger charge is 2.35. The second-order valence-corrected chi connectivity index (χ2v) is 9.23. The normalized spacial score (nSPS) is 11.7. The third-order valence-corrected chi connectivity index (χ3v) is 5.89. The van der Waals surface area contributed by atoms with E-state index < -0.39 is 33.6 Å². The molecule has 3 rings (SSSR count). The lowest BCUT2D eigenvalue weighted by atomic mass is 10.1. The largest absolute Gasteiger partial charge is 0.481 e. The maximum atomic E-state index is 13.5. The Bertz CT molecular complexity index is 1300. The molecule has 0 bridgehead atoms. The van der Waals surface area contributed by atoms with Crippen LogP contribution in [0.15, 0.2) is 48.8 Å². The van der Waals surface area contributed by atoms with E-state index >= 15 is 0 Å². The number of carboxylic acids is 1. The summed E-state index contributed by atoms with van der Waals surface area (Å²) in [5.41, 5.74) is 0.178. The second kappa shape index (κ2) is 10.5. The van der Waals surface area contributed by atoms with Crippen LogP contribution < -0.4 is 15.4 Å². The van der Waals surface area contributed by atoms with Crippen molar-refractivity contribution in [1.82, 2.24) is 15.0 Å². The van der Waals surface area contributed by atoms with Crippen LogP contribution in [0.25, 0.3) is 0 Å². The lowest BCUT2D eigenvalue weighted by Crippen LogP contribution is -2.18. The first-order valence-electron chi connectivity index (χ1n) is 10.2. The van der Waals surface area contributed by atoms with Crippen molar-refractivity contribution in [2.45, 2.75) is 26.1 Å². The van der Waals surface area contributed by atoms with Gasteiger partial charge in [0, 0.05) is 30.2 Å². The van der Waals surface area contributed by atoms with Crippen LogP contribution in [0.1, 0.15) is 23.6 Å². The standard InChI is InChI=1S/C21H21F3N6O4S/c1-2-35(33,34)30-18-14(4-3-9-25-18)11-26-19-16(21(22,23)24)12-27-20(29-19)28-15-7-5-13(6-8-15)10-17(31)32/h3-9,12H,2,10-11H2,1H3,(H,25,30)(H,31,32)(H2,26,27,28,29). The van der Waals surface area contributed by atoms with E-state index in [2.05, 4.69) is 30.3 Å². The number of rotatable bonds is 10. The summed E-state index contributed by atoms with van der Waals surface area (Å²) >= 11 is 0. The number of alkyl halides is 3. The number of aliphatic carboxylic acids is 1. The van der Waals surface area contributed by atoms with E-state index in [9.17, 15) is 26.4 Å². The highest BCUT2D eigenvalue weighted by Crippen LogP contribution is 2.34. The van der Waals surface area contributed by atoms with E-state index in [0.29, 0.717) is 23.0 Å². The highest BCUT2D eigenvalue weighted by molar-refractivity contribution is 7.92. The van der Waals surface area contributed by atoms with E-state index in [1.54, 1.807) is 24.3 Å². The first kappa shape index (κ1) is 25.7. The van der Waals surface area contributed by atoms with Crippen LogP contribution in [0.4, 0.5) is 36.4 Å². The van der Waals surface area contributed by atoms with Gasteiger partial charge in [0.05, 0.1) is 12.2 Å². The molecule has 10 nitrogen and oxygen atoms in total. The summed E-state index contributed by atoms with van der Waals surface area (Å²) in [6, 6.07) is 9.25. The van der Waals surface area contributed by atoms with Crippen molar-refractivity contribution in [2.75, 3.05) is 21.1 Å². The van der Waals surface area contributed by atoms with E-state index in [1.165, 1.54) is 25.3 Å². The molecule has 0 spiro atoms. The number of aromatic nitrogens is 3. The monoisotopic (exact) mass is 510 g/mol. The molecule has 3 aromatic rings. The molecule has 2 aromatic heterocycles. The molecular weight excluding hydrogens is 489 g/mol. The molecule has 0 aliphatic carbocycles. The average Bonchev–Trinajstić information content (AvgIpc) is 2.78. The molecule has 0 aliphatic heterocycles. The third kappa shape index (κ3) is 7.27. The van der Waals surface area contributed by atoms with E-state index in [1.807, 2.05) is 0 Å². The Kier molecular flexibility index (Phi) is 7.74. The maximum absolute atomic E-state index is 13.5. The second-order valence-electron chi connectivity index (χ2n) is 7.22. The zero-order valence-electron chi connectivity index (χ0n) is 18.3. The van der Waals surface area contributed by atoms with Crippen molar-refractivity contribution in [2.24, 2.45) is 0 Å². The van der Waals surface area contributed by atoms with Gasteiger partial charge < -0.3 is 15.7 Å². The number of pyridine rings is 1. The third-order valence-electron chi connectivity index (χ3n) is 4.63. The number of sulfonamides is 1. The van der Waals surface area contributed by atoms with Gasteiger partial charge in [-0.25, -0.2) is 18.4 Å². The predicted molar refractivity (Wildman–Crippen MR) is 123 cm³/mol. The average molecular weight is 510 g/mol. The molecule has 0 fully saturated rings. The Morgan fingerprint density at radius 3 is 2.43 bits per heavy atom. The lowest BCUT2D eigenvalue weighted by molar-refractivity contribution is -0.137. The number of halogens is 3. The van der Waals surface area contributed by atoms with Crippen LogP contribution in [0.2, 0.25) is 0 Å². The first-order valence-corrected chi connectivity index (χ1v) is 11.8. The summed E-state index contributed by atoms with van der Waals surface area (Å²) in [5, 5.41) is 14.2. The predicted octanol–water partition coefficient (Wildman–Crippen LogP) is 3.63. The summed E-state index contributed by atoms with van der Waals surface area (Å²) < 4.78 is 66.7. The van der Waals surface area contributed by atoms with Gasteiger partial charge in [-0.05, 0) is 30.7 Å². The molecule has 0 atom stereocenters. The Hall–Kier alpha value is -3.94. The molecule has 4 N–H and O–H groups in total. The van der Waals surface area contributed by atoms with Gasteiger partial charge in [0.15, 0.2) is 0 Å². The fourth-order valence-electron chi connectivity index (χ4n) is 2.87. The van der Waals surface area contributed by atoms with E-state index in [0.717, 1.165) is 0 Å². The van der Waals surface area contributed by atoms with Gasteiger partial charge in [-0.15, -0.1) is 0 Å². The minimum atomic E-state index is -4.75. The van der Waals surface area contributed by atoms with Crippen molar-refractivity contribution in [3.05, 3.63) is 65.5 Å². The maximum Gasteiger partial charge on any atom is 0.421 e. The quantitative estimate of drug-likeness (QED) is 0.321. The number of benzene rings is 1. The number of nitrogens with zero attached hydrogens (tertiary/aromatic N) is 3. The Morgan fingerprint density at radius 2 is 1.80 bits per heavy atom. The minimum Gasteiger partial charge on any atom is -0.481 e. The Morgan fingerprint density at radius 1 is 1.09 bits per heavy atom. The lowest BCUT2D eigenvalue weighted by Gasteiger charge is -2.16. The van der Waals surface area contributed by atoms with Gasteiger partial charge in [0.1, 0.15) is 17.2 Å². The van der Waals surface area contributed by atoms with Crippen molar-refractivity contribution in [3.8, 4) is 0 Å². The summed E-state index contributed by atoms with van der Waals surface area (Å²) in [6.45, 7) is 1.23. The zero-order valence-corrected chi connectivity index (χ0v) is 19.1. The van der Waals surface area contributed by atoms with E-state index in [4.69, 9.17) is 5.11 Å². The number of carboxylic acid groups (broad SMARTS) is 1. The van der Waals surface area contributed by atoms with Crippen molar-refractivity contribution >= 4 is 39.3 Å². The molecule has 0 amide bonds. The SMILES string of the molecule is CCS(=O)(=O)Nc1ncccc1CNc1nc(Nc2ccc(CC(=O)O)cc2)ncc1C(F)(F)F. The number of anilines is 4. The summed E-state index contributed by atoms with van der Waals surface area (Å²) in [7, 11) is -3.65.